The summed E-state index contributed by atoms with van der Waals surface area (Å²) in [6.45, 7) is 6.26. The van der Waals surface area contributed by atoms with Crippen LogP contribution in [0.15, 0.2) is 0 Å². The maximum Gasteiger partial charge on any atom is 0.0724 e. The first-order valence-corrected chi connectivity index (χ1v) is 6.78. The van der Waals surface area contributed by atoms with E-state index >= 15 is 0 Å². The van der Waals surface area contributed by atoms with Crippen LogP contribution < -0.4 is 5.32 Å². The zero-order chi connectivity index (χ0) is 12.3. The normalized spacial score (nSPS) is 40.4. The largest absolute Gasteiger partial charge is 0.380 e. The fourth-order valence-electron chi connectivity index (χ4n) is 3.09. The summed E-state index contributed by atoms with van der Waals surface area (Å²) < 4.78 is 11.2. The molecule has 0 aromatic carbocycles. The van der Waals surface area contributed by atoms with E-state index < -0.39 is 0 Å². The first kappa shape index (κ1) is 13.3. The molecule has 2 rings (SSSR count). The van der Waals surface area contributed by atoms with Crippen molar-refractivity contribution in [2.45, 2.75) is 38.0 Å². The Morgan fingerprint density at radius 3 is 2.88 bits per heavy atom. The highest BCUT2D eigenvalue weighted by molar-refractivity contribution is 4.90. The average molecular weight is 242 g/mol. The molecule has 0 aromatic heterocycles. The van der Waals surface area contributed by atoms with Crippen molar-refractivity contribution in [3.05, 3.63) is 0 Å². The minimum Gasteiger partial charge on any atom is -0.380 e. The zero-order valence-corrected chi connectivity index (χ0v) is 11.3. The standard InChI is InChI=1S/C13H26N2O2/c1-10-4-6-15(8-13(10)16-3)12-9-17-7-5-11(12)14-2/h10-14H,4-9H2,1-3H3. The smallest absolute Gasteiger partial charge is 0.0724 e. The molecule has 0 amide bonds. The van der Waals surface area contributed by atoms with Crippen molar-refractivity contribution in [1.29, 1.82) is 0 Å². The Hall–Kier alpha value is -0.160. The van der Waals surface area contributed by atoms with Gasteiger partial charge < -0.3 is 14.8 Å². The van der Waals surface area contributed by atoms with Gasteiger partial charge in [-0.1, -0.05) is 6.92 Å². The molecule has 4 atom stereocenters. The minimum atomic E-state index is 0.378. The Labute approximate surface area is 105 Å². The highest BCUT2D eigenvalue weighted by atomic mass is 16.5. The molecule has 0 radical (unpaired) electrons. The second kappa shape index (κ2) is 6.14. The quantitative estimate of drug-likeness (QED) is 0.791. The van der Waals surface area contributed by atoms with Gasteiger partial charge in [-0.15, -0.1) is 0 Å². The summed E-state index contributed by atoms with van der Waals surface area (Å²) in [6, 6.07) is 1.08. The third-order valence-electron chi connectivity index (χ3n) is 4.39. The summed E-state index contributed by atoms with van der Waals surface area (Å²) in [5, 5.41) is 3.43. The monoisotopic (exact) mass is 242 g/mol. The predicted molar refractivity (Wildman–Crippen MR) is 68.2 cm³/mol. The number of nitrogens with zero attached hydrogens (tertiary/aromatic N) is 1. The van der Waals surface area contributed by atoms with Crippen LogP contribution in [0.4, 0.5) is 0 Å². The second-order valence-corrected chi connectivity index (χ2v) is 5.36. The van der Waals surface area contributed by atoms with Crippen LogP contribution in [0.25, 0.3) is 0 Å². The highest BCUT2D eigenvalue weighted by Crippen LogP contribution is 2.24. The molecule has 0 bridgehead atoms. The summed E-state index contributed by atoms with van der Waals surface area (Å²) in [4.78, 5) is 2.55. The lowest BCUT2D eigenvalue weighted by molar-refractivity contribution is -0.0585. The molecule has 2 heterocycles. The van der Waals surface area contributed by atoms with E-state index in [2.05, 4.69) is 24.2 Å². The van der Waals surface area contributed by atoms with Gasteiger partial charge in [0.15, 0.2) is 0 Å². The number of methoxy groups -OCH3 is 1. The van der Waals surface area contributed by atoms with Crippen molar-refractivity contribution >= 4 is 0 Å². The lowest BCUT2D eigenvalue weighted by Crippen LogP contribution is -2.58. The number of rotatable bonds is 3. The lowest BCUT2D eigenvalue weighted by atomic mass is 9.92. The Morgan fingerprint density at radius 2 is 2.18 bits per heavy atom. The summed E-state index contributed by atoms with van der Waals surface area (Å²) >= 11 is 0. The number of ether oxygens (including phenoxy) is 2. The number of nitrogens with one attached hydrogen (secondary N) is 1. The molecule has 4 heteroatoms. The predicted octanol–water partition coefficient (Wildman–Crippen LogP) is 0.720. The van der Waals surface area contributed by atoms with E-state index in [1.165, 1.54) is 13.0 Å². The van der Waals surface area contributed by atoms with Crippen molar-refractivity contribution in [2.75, 3.05) is 40.5 Å². The van der Waals surface area contributed by atoms with E-state index in [0.29, 0.717) is 24.1 Å². The zero-order valence-electron chi connectivity index (χ0n) is 11.3. The first-order chi connectivity index (χ1) is 8.26. The minimum absolute atomic E-state index is 0.378. The van der Waals surface area contributed by atoms with Gasteiger partial charge in [0.25, 0.3) is 0 Å². The van der Waals surface area contributed by atoms with E-state index in [-0.39, 0.29) is 0 Å². The van der Waals surface area contributed by atoms with Crippen LogP contribution in [0, 0.1) is 5.92 Å². The van der Waals surface area contributed by atoms with Gasteiger partial charge >= 0.3 is 0 Å². The summed E-state index contributed by atoms with van der Waals surface area (Å²) in [5.41, 5.74) is 0. The molecule has 17 heavy (non-hydrogen) atoms. The number of likely N-dealkylation sites (tertiary alicyclic amines) is 1. The molecule has 2 fully saturated rings. The summed E-state index contributed by atoms with van der Waals surface area (Å²) in [5.74, 6) is 0.675. The number of hydrogen-bond acceptors (Lipinski definition) is 4. The first-order valence-electron chi connectivity index (χ1n) is 6.78. The molecule has 1 N–H and O–H groups in total. The Balaban J connectivity index is 1.96. The number of piperidine rings is 1. The van der Waals surface area contributed by atoms with Crippen LogP contribution in [0.5, 0.6) is 0 Å². The van der Waals surface area contributed by atoms with Crippen LogP contribution in [0.1, 0.15) is 19.8 Å². The molecule has 4 unspecified atom stereocenters. The third kappa shape index (κ3) is 2.99. The summed E-state index contributed by atoms with van der Waals surface area (Å²) in [6.07, 6.45) is 2.72. The fourth-order valence-corrected chi connectivity index (χ4v) is 3.09. The van der Waals surface area contributed by atoms with E-state index in [1.807, 2.05) is 7.11 Å². The van der Waals surface area contributed by atoms with Gasteiger partial charge in [0.1, 0.15) is 0 Å². The van der Waals surface area contributed by atoms with Crippen molar-refractivity contribution in [1.82, 2.24) is 10.2 Å². The van der Waals surface area contributed by atoms with E-state index in [4.69, 9.17) is 9.47 Å². The van der Waals surface area contributed by atoms with Gasteiger partial charge in [0.05, 0.1) is 12.7 Å². The Kier molecular flexibility index (Phi) is 4.79. The lowest BCUT2D eigenvalue weighted by Gasteiger charge is -2.44. The Bertz CT molecular complexity index is 237. The summed E-state index contributed by atoms with van der Waals surface area (Å²) in [7, 11) is 3.89. The fraction of sp³-hybridized carbons (Fsp3) is 1.00. The molecule has 0 saturated carbocycles. The van der Waals surface area contributed by atoms with Crippen molar-refractivity contribution in [3.63, 3.8) is 0 Å². The highest BCUT2D eigenvalue weighted by Gasteiger charge is 2.35. The van der Waals surface area contributed by atoms with Crippen LogP contribution in [-0.4, -0.2) is 63.5 Å². The van der Waals surface area contributed by atoms with E-state index in [0.717, 1.165) is 26.2 Å². The van der Waals surface area contributed by atoms with Crippen molar-refractivity contribution < 1.29 is 9.47 Å². The third-order valence-corrected chi connectivity index (χ3v) is 4.39. The molecule has 2 aliphatic rings. The van der Waals surface area contributed by atoms with Crippen LogP contribution in [0.2, 0.25) is 0 Å². The van der Waals surface area contributed by atoms with Gasteiger partial charge in [-0.25, -0.2) is 0 Å². The Morgan fingerprint density at radius 1 is 1.35 bits per heavy atom. The molecule has 4 nitrogen and oxygen atoms in total. The van der Waals surface area contributed by atoms with Crippen LogP contribution in [-0.2, 0) is 9.47 Å². The van der Waals surface area contributed by atoms with Crippen LogP contribution >= 0.6 is 0 Å². The molecule has 100 valence electrons. The average Bonchev–Trinajstić information content (AvgIpc) is 2.39. The van der Waals surface area contributed by atoms with E-state index in [9.17, 15) is 0 Å². The molecule has 2 saturated heterocycles. The molecule has 2 aliphatic heterocycles. The molecule has 0 aliphatic carbocycles. The van der Waals surface area contributed by atoms with Gasteiger partial charge in [0, 0.05) is 32.3 Å². The van der Waals surface area contributed by atoms with Gasteiger partial charge in [-0.3, -0.25) is 4.90 Å². The molecular formula is C13H26N2O2. The van der Waals surface area contributed by atoms with Gasteiger partial charge in [0.2, 0.25) is 0 Å². The van der Waals surface area contributed by atoms with Gasteiger partial charge in [-0.2, -0.15) is 0 Å². The molecule has 0 aromatic rings. The van der Waals surface area contributed by atoms with Gasteiger partial charge in [-0.05, 0) is 32.4 Å². The molecule has 0 spiro atoms. The van der Waals surface area contributed by atoms with Crippen molar-refractivity contribution in [3.8, 4) is 0 Å². The number of likely N-dealkylation sites (N-methyl/N-ethyl adjacent to an activating group) is 1. The van der Waals surface area contributed by atoms with E-state index in [1.54, 1.807) is 0 Å². The van der Waals surface area contributed by atoms with Crippen molar-refractivity contribution in [2.24, 2.45) is 5.92 Å². The van der Waals surface area contributed by atoms with Crippen LogP contribution in [0.3, 0.4) is 0 Å². The maximum atomic E-state index is 5.64. The SMILES string of the molecule is CNC1CCOCC1N1CCC(C)C(OC)C1. The maximum absolute atomic E-state index is 5.64. The number of hydrogen-bond donors (Lipinski definition) is 1. The second-order valence-electron chi connectivity index (χ2n) is 5.36. The topological polar surface area (TPSA) is 33.7 Å². The molecular weight excluding hydrogens is 216 g/mol.